The number of carbonyl (C=O) groups excluding carboxylic acids is 1. The number of rotatable bonds is 3. The van der Waals surface area contributed by atoms with Gasteiger partial charge in [-0.25, -0.2) is 4.79 Å². The monoisotopic (exact) mass is 298 g/mol. The van der Waals surface area contributed by atoms with Gasteiger partial charge in [-0.15, -0.1) is 0 Å². The van der Waals surface area contributed by atoms with Crippen molar-refractivity contribution in [2.45, 2.75) is 18.9 Å². The first-order chi connectivity index (χ1) is 9.41. The highest BCUT2D eigenvalue weighted by atomic mass is 35.5. The molecule has 1 N–H and O–H groups in total. The molecule has 0 aromatic heterocycles. The average molecular weight is 299 g/mol. The van der Waals surface area contributed by atoms with Crippen LogP contribution in [0.1, 0.15) is 23.2 Å². The average Bonchev–Trinajstić information content (AvgIpc) is 2.87. The molecular formula is C12H11ClN2O5. The van der Waals surface area contributed by atoms with Crippen molar-refractivity contribution in [2.24, 2.45) is 0 Å². The van der Waals surface area contributed by atoms with Crippen molar-refractivity contribution < 1.29 is 19.6 Å². The third-order valence-corrected chi connectivity index (χ3v) is 3.42. The lowest BCUT2D eigenvalue weighted by Crippen LogP contribution is -2.40. The highest BCUT2D eigenvalue weighted by molar-refractivity contribution is 6.31. The second kappa shape index (κ2) is 5.46. The molecule has 1 aromatic rings. The zero-order valence-electron chi connectivity index (χ0n) is 10.3. The minimum Gasteiger partial charge on any atom is -0.480 e. The van der Waals surface area contributed by atoms with Crippen molar-refractivity contribution in [1.29, 1.82) is 0 Å². The van der Waals surface area contributed by atoms with E-state index in [1.165, 1.54) is 12.1 Å². The maximum atomic E-state index is 12.3. The Morgan fingerprint density at radius 1 is 1.45 bits per heavy atom. The van der Waals surface area contributed by atoms with E-state index in [4.69, 9.17) is 16.7 Å². The second-order valence-electron chi connectivity index (χ2n) is 4.41. The van der Waals surface area contributed by atoms with Crippen LogP contribution in [-0.4, -0.2) is 39.4 Å². The Hall–Kier alpha value is -2.15. The lowest BCUT2D eigenvalue weighted by atomic mass is 10.1. The summed E-state index contributed by atoms with van der Waals surface area (Å²) in [5.41, 5.74) is -0.564. The van der Waals surface area contributed by atoms with E-state index in [9.17, 15) is 19.7 Å². The second-order valence-corrected chi connectivity index (χ2v) is 4.85. The van der Waals surface area contributed by atoms with Crippen molar-refractivity contribution in [3.63, 3.8) is 0 Å². The zero-order chi connectivity index (χ0) is 14.9. The van der Waals surface area contributed by atoms with Crippen LogP contribution in [0.2, 0.25) is 5.02 Å². The maximum Gasteiger partial charge on any atom is 0.326 e. The van der Waals surface area contributed by atoms with Gasteiger partial charge < -0.3 is 10.0 Å². The highest BCUT2D eigenvalue weighted by Gasteiger charge is 2.36. The van der Waals surface area contributed by atoms with Crippen LogP contribution in [0.5, 0.6) is 0 Å². The molecule has 1 aromatic carbocycles. The Labute approximate surface area is 118 Å². The Bertz CT molecular complexity index is 589. The van der Waals surface area contributed by atoms with Gasteiger partial charge in [0.05, 0.1) is 4.92 Å². The van der Waals surface area contributed by atoms with E-state index in [1.807, 2.05) is 0 Å². The van der Waals surface area contributed by atoms with Crippen molar-refractivity contribution in [3.8, 4) is 0 Å². The fraction of sp³-hybridized carbons (Fsp3) is 0.333. The minimum atomic E-state index is -1.10. The Morgan fingerprint density at radius 2 is 2.15 bits per heavy atom. The van der Waals surface area contributed by atoms with Crippen LogP contribution in [0.15, 0.2) is 18.2 Å². The van der Waals surface area contributed by atoms with Crippen LogP contribution in [0.4, 0.5) is 5.69 Å². The van der Waals surface area contributed by atoms with E-state index >= 15 is 0 Å². The number of aliphatic carboxylic acids is 1. The van der Waals surface area contributed by atoms with Crippen molar-refractivity contribution in [2.75, 3.05) is 6.54 Å². The number of carbonyl (C=O) groups is 2. The summed E-state index contributed by atoms with van der Waals surface area (Å²) in [6.45, 7) is 0.273. The van der Waals surface area contributed by atoms with Gasteiger partial charge in [0.2, 0.25) is 0 Å². The Balaban J connectivity index is 2.38. The molecule has 8 heteroatoms. The molecule has 2 rings (SSSR count). The number of carboxylic acids is 1. The van der Waals surface area contributed by atoms with Gasteiger partial charge in [0.1, 0.15) is 11.6 Å². The van der Waals surface area contributed by atoms with E-state index in [2.05, 4.69) is 0 Å². The van der Waals surface area contributed by atoms with E-state index in [-0.39, 0.29) is 17.1 Å². The van der Waals surface area contributed by atoms with Crippen molar-refractivity contribution in [3.05, 3.63) is 38.9 Å². The van der Waals surface area contributed by atoms with Crippen molar-refractivity contribution in [1.82, 2.24) is 4.90 Å². The summed E-state index contributed by atoms with van der Waals surface area (Å²) in [6.07, 6.45) is 0.909. The highest BCUT2D eigenvalue weighted by Crippen LogP contribution is 2.27. The summed E-state index contributed by atoms with van der Waals surface area (Å²) in [7, 11) is 0. The van der Waals surface area contributed by atoms with Crippen LogP contribution in [0.3, 0.4) is 0 Å². The van der Waals surface area contributed by atoms with Gasteiger partial charge >= 0.3 is 5.97 Å². The normalized spacial score (nSPS) is 18.1. The first-order valence-electron chi connectivity index (χ1n) is 5.89. The topological polar surface area (TPSA) is 101 Å². The SMILES string of the molecule is O=C(O)C1CCCN1C(=O)c1ccc(Cl)cc1[N+](=O)[O-]. The lowest BCUT2D eigenvalue weighted by Gasteiger charge is -2.21. The molecule has 1 amide bonds. The summed E-state index contributed by atoms with van der Waals surface area (Å²) >= 11 is 5.68. The number of nitro groups is 1. The number of halogens is 1. The minimum absolute atomic E-state index is 0.143. The van der Waals surface area contributed by atoms with Crippen LogP contribution >= 0.6 is 11.6 Å². The first-order valence-corrected chi connectivity index (χ1v) is 6.27. The van der Waals surface area contributed by atoms with Crippen LogP contribution in [0.25, 0.3) is 0 Å². The van der Waals surface area contributed by atoms with Gasteiger partial charge in [-0.1, -0.05) is 11.6 Å². The van der Waals surface area contributed by atoms with Crippen molar-refractivity contribution >= 4 is 29.2 Å². The Kier molecular flexibility index (Phi) is 3.89. The lowest BCUT2D eigenvalue weighted by molar-refractivity contribution is -0.385. The first kappa shape index (κ1) is 14.3. The molecule has 0 aliphatic carbocycles. The molecule has 1 aliphatic rings. The van der Waals surface area contributed by atoms with Gasteiger partial charge in [0.15, 0.2) is 0 Å². The third-order valence-electron chi connectivity index (χ3n) is 3.19. The summed E-state index contributed by atoms with van der Waals surface area (Å²) in [5, 5.41) is 20.2. The smallest absolute Gasteiger partial charge is 0.326 e. The summed E-state index contributed by atoms with van der Waals surface area (Å²) in [4.78, 5) is 34.8. The van der Waals surface area contributed by atoms with Gasteiger partial charge in [-0.3, -0.25) is 14.9 Å². The number of hydrogen-bond donors (Lipinski definition) is 1. The fourth-order valence-electron chi connectivity index (χ4n) is 2.26. The zero-order valence-corrected chi connectivity index (χ0v) is 11.0. The molecule has 0 saturated carbocycles. The Morgan fingerprint density at radius 3 is 2.75 bits per heavy atom. The van der Waals surface area contributed by atoms with Gasteiger partial charge in [-0.05, 0) is 25.0 Å². The van der Waals surface area contributed by atoms with Crippen LogP contribution in [0, 0.1) is 10.1 Å². The number of amides is 1. The predicted octanol–water partition coefficient (Wildman–Crippen LogP) is 1.94. The van der Waals surface area contributed by atoms with Gasteiger partial charge in [-0.2, -0.15) is 0 Å². The molecule has 1 fully saturated rings. The van der Waals surface area contributed by atoms with E-state index < -0.39 is 28.5 Å². The molecule has 0 bridgehead atoms. The molecule has 1 unspecified atom stereocenters. The maximum absolute atomic E-state index is 12.3. The molecule has 1 heterocycles. The standard InChI is InChI=1S/C12H11ClN2O5/c13-7-3-4-8(10(6-7)15(19)20)11(16)14-5-1-2-9(14)12(17)18/h3-4,6,9H,1-2,5H2,(H,17,18). The fourth-order valence-corrected chi connectivity index (χ4v) is 2.42. The molecular weight excluding hydrogens is 288 g/mol. The number of likely N-dealkylation sites (tertiary alicyclic amines) is 1. The summed E-state index contributed by atoms with van der Waals surface area (Å²) in [5.74, 6) is -1.76. The van der Waals surface area contributed by atoms with Crippen LogP contribution in [-0.2, 0) is 4.79 Å². The van der Waals surface area contributed by atoms with Gasteiger partial charge in [0, 0.05) is 17.6 Å². The van der Waals surface area contributed by atoms with Crippen LogP contribution < -0.4 is 0 Å². The predicted molar refractivity (Wildman–Crippen MR) is 69.8 cm³/mol. The number of benzene rings is 1. The molecule has 7 nitrogen and oxygen atoms in total. The van der Waals surface area contributed by atoms with E-state index in [0.717, 1.165) is 11.0 Å². The molecule has 20 heavy (non-hydrogen) atoms. The molecule has 1 aliphatic heterocycles. The molecule has 1 saturated heterocycles. The largest absolute Gasteiger partial charge is 0.480 e. The van der Waals surface area contributed by atoms with E-state index in [1.54, 1.807) is 0 Å². The molecule has 106 valence electrons. The molecule has 1 atom stereocenters. The number of nitro benzene ring substituents is 1. The molecule has 0 radical (unpaired) electrons. The number of hydrogen-bond acceptors (Lipinski definition) is 4. The number of nitrogens with zero attached hydrogens (tertiary/aromatic N) is 2. The van der Waals surface area contributed by atoms with E-state index in [0.29, 0.717) is 12.8 Å². The number of carboxylic acid groups (broad SMARTS) is 1. The summed E-state index contributed by atoms with van der Waals surface area (Å²) in [6, 6.07) is 2.77. The molecule has 0 spiro atoms. The third kappa shape index (κ3) is 2.57. The summed E-state index contributed by atoms with van der Waals surface area (Å²) < 4.78 is 0. The van der Waals surface area contributed by atoms with Gasteiger partial charge in [0.25, 0.3) is 11.6 Å². The quantitative estimate of drug-likeness (QED) is 0.679.